The van der Waals surface area contributed by atoms with E-state index in [0.29, 0.717) is 22.7 Å². The molecule has 0 aliphatic rings. The third kappa shape index (κ3) is 3.04. The monoisotopic (exact) mass is 256 g/mol. The van der Waals surface area contributed by atoms with Crippen LogP contribution in [0, 0.1) is 6.92 Å². The minimum Gasteiger partial charge on any atom is -0.497 e. The third-order valence-electron chi connectivity index (χ3n) is 2.81. The van der Waals surface area contributed by atoms with Crippen LogP contribution in [0.2, 0.25) is 0 Å². The number of benzene rings is 2. The molecule has 0 bridgehead atoms. The maximum atomic E-state index is 12.1. The Hall–Kier alpha value is -2.49. The Morgan fingerprint density at radius 1 is 1.16 bits per heavy atom. The van der Waals surface area contributed by atoms with E-state index < -0.39 is 0 Å². The van der Waals surface area contributed by atoms with Gasteiger partial charge in [0, 0.05) is 5.56 Å². The fourth-order valence-electron chi connectivity index (χ4n) is 1.72. The molecule has 19 heavy (non-hydrogen) atoms. The third-order valence-corrected chi connectivity index (χ3v) is 2.81. The number of nitrogen functional groups attached to an aromatic ring is 1. The molecule has 1 amide bonds. The fourth-order valence-corrected chi connectivity index (χ4v) is 1.72. The Morgan fingerprint density at radius 2 is 1.84 bits per heavy atom. The number of nitrogens with one attached hydrogen (secondary N) is 1. The van der Waals surface area contributed by atoms with E-state index >= 15 is 0 Å². The van der Waals surface area contributed by atoms with E-state index in [1.54, 1.807) is 37.4 Å². The number of ether oxygens (including phenoxy) is 1. The smallest absolute Gasteiger partial charge is 0.255 e. The molecule has 4 heteroatoms. The molecule has 0 fully saturated rings. The van der Waals surface area contributed by atoms with E-state index in [0.717, 1.165) is 5.56 Å². The van der Waals surface area contributed by atoms with Gasteiger partial charge >= 0.3 is 0 Å². The lowest BCUT2D eigenvalue weighted by Crippen LogP contribution is -2.13. The molecule has 0 aliphatic carbocycles. The Bertz CT molecular complexity index is 592. The number of carbonyl (C=O) groups excluding carboxylic acids is 1. The number of hydrogen-bond donors (Lipinski definition) is 2. The lowest BCUT2D eigenvalue weighted by atomic mass is 10.1. The molecule has 2 aromatic carbocycles. The first-order valence-electron chi connectivity index (χ1n) is 5.91. The van der Waals surface area contributed by atoms with Crippen LogP contribution in [0.25, 0.3) is 0 Å². The maximum Gasteiger partial charge on any atom is 0.255 e. The Labute approximate surface area is 112 Å². The molecular weight excluding hydrogens is 240 g/mol. The fraction of sp³-hybridized carbons (Fsp3) is 0.133. The number of rotatable bonds is 3. The normalized spacial score (nSPS) is 10.0. The molecule has 4 nitrogen and oxygen atoms in total. The van der Waals surface area contributed by atoms with Crippen LogP contribution in [0.5, 0.6) is 5.75 Å². The van der Waals surface area contributed by atoms with Crippen LogP contribution in [0.3, 0.4) is 0 Å². The number of methoxy groups -OCH3 is 1. The Kier molecular flexibility index (Phi) is 3.71. The second kappa shape index (κ2) is 5.44. The summed E-state index contributed by atoms with van der Waals surface area (Å²) < 4.78 is 5.05. The standard InChI is InChI=1S/C15H16N2O2/c1-10-3-8-13(16)14(9-10)17-15(18)11-4-6-12(19-2)7-5-11/h3-9H,16H2,1-2H3,(H,17,18). The van der Waals surface area contributed by atoms with Crippen molar-refractivity contribution in [3.8, 4) is 5.75 Å². The van der Waals surface area contributed by atoms with Crippen molar-refractivity contribution >= 4 is 17.3 Å². The van der Waals surface area contributed by atoms with Crippen molar-refractivity contribution in [3.63, 3.8) is 0 Å². The van der Waals surface area contributed by atoms with E-state index in [1.807, 2.05) is 19.1 Å². The highest BCUT2D eigenvalue weighted by Gasteiger charge is 2.08. The van der Waals surface area contributed by atoms with Crippen LogP contribution in [-0.2, 0) is 0 Å². The van der Waals surface area contributed by atoms with Crippen molar-refractivity contribution in [3.05, 3.63) is 53.6 Å². The predicted molar refractivity (Wildman–Crippen MR) is 76.5 cm³/mol. The number of aryl methyl sites for hydroxylation is 1. The van der Waals surface area contributed by atoms with Crippen molar-refractivity contribution in [1.29, 1.82) is 0 Å². The van der Waals surface area contributed by atoms with E-state index in [9.17, 15) is 4.79 Å². The van der Waals surface area contributed by atoms with Crippen molar-refractivity contribution in [2.24, 2.45) is 0 Å². The first-order chi connectivity index (χ1) is 9.10. The van der Waals surface area contributed by atoms with Gasteiger partial charge in [0.15, 0.2) is 0 Å². The number of carbonyl (C=O) groups is 1. The molecule has 0 atom stereocenters. The predicted octanol–water partition coefficient (Wildman–Crippen LogP) is 2.84. The van der Waals surface area contributed by atoms with Gasteiger partial charge < -0.3 is 15.8 Å². The first-order valence-corrected chi connectivity index (χ1v) is 5.91. The SMILES string of the molecule is COc1ccc(C(=O)Nc2cc(C)ccc2N)cc1. The highest BCUT2D eigenvalue weighted by Crippen LogP contribution is 2.21. The van der Waals surface area contributed by atoms with Gasteiger partial charge in [-0.3, -0.25) is 4.79 Å². The summed E-state index contributed by atoms with van der Waals surface area (Å²) in [4.78, 5) is 12.1. The zero-order chi connectivity index (χ0) is 13.8. The molecule has 0 aromatic heterocycles. The van der Waals surface area contributed by atoms with Crippen LogP contribution in [0.15, 0.2) is 42.5 Å². The lowest BCUT2D eigenvalue weighted by molar-refractivity contribution is 0.102. The summed E-state index contributed by atoms with van der Waals surface area (Å²) in [7, 11) is 1.59. The molecule has 98 valence electrons. The van der Waals surface area contributed by atoms with Gasteiger partial charge in [-0.05, 0) is 48.9 Å². The molecule has 0 aliphatic heterocycles. The second-order valence-electron chi connectivity index (χ2n) is 4.27. The summed E-state index contributed by atoms with van der Waals surface area (Å²) in [6.45, 7) is 1.95. The van der Waals surface area contributed by atoms with Crippen molar-refractivity contribution in [2.75, 3.05) is 18.2 Å². The highest BCUT2D eigenvalue weighted by atomic mass is 16.5. The largest absolute Gasteiger partial charge is 0.497 e. The van der Waals surface area contributed by atoms with Crippen molar-refractivity contribution in [1.82, 2.24) is 0 Å². The molecule has 2 aromatic rings. The van der Waals surface area contributed by atoms with Crippen molar-refractivity contribution in [2.45, 2.75) is 6.92 Å². The maximum absolute atomic E-state index is 12.1. The molecule has 0 radical (unpaired) electrons. The number of nitrogens with two attached hydrogens (primary N) is 1. The first kappa shape index (κ1) is 13.0. The molecular formula is C15H16N2O2. The zero-order valence-corrected chi connectivity index (χ0v) is 10.9. The zero-order valence-electron chi connectivity index (χ0n) is 10.9. The average Bonchev–Trinajstić information content (AvgIpc) is 2.43. The minimum absolute atomic E-state index is 0.194. The van der Waals surface area contributed by atoms with Gasteiger partial charge in [-0.2, -0.15) is 0 Å². The number of anilines is 2. The Balaban J connectivity index is 2.18. The summed E-state index contributed by atoms with van der Waals surface area (Å²) in [5.41, 5.74) is 8.60. The molecule has 0 spiro atoms. The van der Waals surface area contributed by atoms with Gasteiger partial charge in [-0.1, -0.05) is 6.07 Å². The van der Waals surface area contributed by atoms with Crippen LogP contribution >= 0.6 is 0 Å². The van der Waals surface area contributed by atoms with E-state index in [2.05, 4.69) is 5.32 Å². The van der Waals surface area contributed by atoms with Gasteiger partial charge in [-0.25, -0.2) is 0 Å². The number of hydrogen-bond acceptors (Lipinski definition) is 3. The molecule has 2 rings (SSSR count). The molecule has 0 unspecified atom stereocenters. The summed E-state index contributed by atoms with van der Waals surface area (Å²) >= 11 is 0. The van der Waals surface area contributed by atoms with Crippen molar-refractivity contribution < 1.29 is 9.53 Å². The van der Waals surface area contributed by atoms with E-state index in [-0.39, 0.29) is 5.91 Å². The van der Waals surface area contributed by atoms with Crippen LogP contribution in [0.1, 0.15) is 15.9 Å². The Morgan fingerprint density at radius 3 is 2.47 bits per heavy atom. The van der Waals surface area contributed by atoms with Crippen LogP contribution < -0.4 is 15.8 Å². The van der Waals surface area contributed by atoms with E-state index in [1.165, 1.54) is 0 Å². The van der Waals surface area contributed by atoms with Gasteiger partial charge in [0.05, 0.1) is 18.5 Å². The lowest BCUT2D eigenvalue weighted by Gasteiger charge is -2.09. The quantitative estimate of drug-likeness (QED) is 0.830. The van der Waals surface area contributed by atoms with Gasteiger partial charge in [-0.15, -0.1) is 0 Å². The summed E-state index contributed by atoms with van der Waals surface area (Å²) in [5.74, 6) is 0.520. The highest BCUT2D eigenvalue weighted by molar-refractivity contribution is 6.05. The van der Waals surface area contributed by atoms with Gasteiger partial charge in [0.2, 0.25) is 0 Å². The topological polar surface area (TPSA) is 64.3 Å². The molecule has 3 N–H and O–H groups in total. The molecule has 0 heterocycles. The van der Waals surface area contributed by atoms with E-state index in [4.69, 9.17) is 10.5 Å². The molecule has 0 saturated carbocycles. The molecule has 0 saturated heterocycles. The van der Waals surface area contributed by atoms with Gasteiger partial charge in [0.25, 0.3) is 5.91 Å². The summed E-state index contributed by atoms with van der Waals surface area (Å²) in [6, 6.07) is 12.4. The minimum atomic E-state index is -0.194. The van der Waals surface area contributed by atoms with Gasteiger partial charge in [0.1, 0.15) is 5.75 Å². The second-order valence-corrected chi connectivity index (χ2v) is 4.27. The number of amides is 1. The summed E-state index contributed by atoms with van der Waals surface area (Å²) in [6.07, 6.45) is 0. The average molecular weight is 256 g/mol. The van der Waals surface area contributed by atoms with Crippen LogP contribution in [0.4, 0.5) is 11.4 Å². The van der Waals surface area contributed by atoms with Crippen LogP contribution in [-0.4, -0.2) is 13.0 Å². The summed E-state index contributed by atoms with van der Waals surface area (Å²) in [5, 5.41) is 2.80.